The van der Waals surface area contributed by atoms with E-state index in [1.165, 1.54) is 16.9 Å². The van der Waals surface area contributed by atoms with Crippen molar-refractivity contribution in [2.75, 3.05) is 25.1 Å². The molecule has 0 saturated carbocycles. The Labute approximate surface area is 209 Å². The van der Waals surface area contributed by atoms with Crippen LogP contribution in [0.15, 0.2) is 48.0 Å². The zero-order valence-electron chi connectivity index (χ0n) is 20.5. The average Bonchev–Trinajstić information content (AvgIpc) is 3.61. The van der Waals surface area contributed by atoms with E-state index in [4.69, 9.17) is 9.72 Å². The number of thiophene rings is 1. The number of amides is 1. The lowest BCUT2D eigenvalue weighted by atomic mass is 10.1. The third-order valence-electron chi connectivity index (χ3n) is 6.51. The number of carbonyl (C=O) groups is 1. The van der Waals surface area contributed by atoms with Gasteiger partial charge in [0.1, 0.15) is 5.82 Å². The van der Waals surface area contributed by atoms with Crippen molar-refractivity contribution in [2.24, 2.45) is 0 Å². The second-order valence-electron chi connectivity index (χ2n) is 9.36. The Morgan fingerprint density at radius 2 is 2.09 bits per heavy atom. The van der Waals surface area contributed by atoms with Crippen LogP contribution < -0.4 is 4.90 Å². The number of carbonyl (C=O) groups excluding carboxylic acids is 1. The molecule has 1 saturated heterocycles. The Hall–Kier alpha value is -3.23. The minimum absolute atomic E-state index is 0.0551. The molecule has 1 aromatic carbocycles. The molecule has 182 valence electrons. The van der Waals surface area contributed by atoms with E-state index in [9.17, 15) is 4.79 Å². The van der Waals surface area contributed by atoms with Gasteiger partial charge in [0, 0.05) is 43.9 Å². The number of benzene rings is 1. The fraction of sp³-hybridized carbons (Fsp3) is 0.370. The van der Waals surface area contributed by atoms with Crippen molar-refractivity contribution in [3.05, 3.63) is 75.2 Å². The molecule has 3 aromatic heterocycles. The van der Waals surface area contributed by atoms with Crippen LogP contribution in [0.4, 0.5) is 5.82 Å². The summed E-state index contributed by atoms with van der Waals surface area (Å²) in [6.45, 7) is 6.53. The number of rotatable bonds is 8. The summed E-state index contributed by atoms with van der Waals surface area (Å²) in [5.74, 6) is 0.920. The first-order valence-corrected chi connectivity index (χ1v) is 12.9. The quantitative estimate of drug-likeness (QED) is 0.373. The minimum Gasteiger partial charge on any atom is -0.376 e. The third kappa shape index (κ3) is 5.23. The van der Waals surface area contributed by atoms with Gasteiger partial charge in [0.05, 0.1) is 28.7 Å². The molecule has 4 aromatic rings. The van der Waals surface area contributed by atoms with Gasteiger partial charge in [-0.1, -0.05) is 11.6 Å². The van der Waals surface area contributed by atoms with Gasteiger partial charge in [-0.2, -0.15) is 5.10 Å². The zero-order chi connectivity index (χ0) is 24.4. The number of nitrogens with zero attached hydrogens (tertiary/aromatic N) is 4. The van der Waals surface area contributed by atoms with E-state index in [2.05, 4.69) is 46.3 Å². The first-order chi connectivity index (χ1) is 17.0. The zero-order valence-corrected chi connectivity index (χ0v) is 21.3. The molecule has 5 rings (SSSR count). The van der Waals surface area contributed by atoms with Gasteiger partial charge >= 0.3 is 0 Å². The molecule has 1 fully saturated rings. The molecule has 0 aliphatic carbocycles. The summed E-state index contributed by atoms with van der Waals surface area (Å²) < 4.78 is 5.93. The van der Waals surface area contributed by atoms with Crippen molar-refractivity contribution >= 4 is 34.0 Å². The summed E-state index contributed by atoms with van der Waals surface area (Å²) in [7, 11) is 2.03. The van der Waals surface area contributed by atoms with Crippen LogP contribution >= 0.6 is 11.3 Å². The van der Waals surface area contributed by atoms with Gasteiger partial charge in [-0.05, 0) is 68.0 Å². The maximum Gasteiger partial charge on any atom is 0.264 e. The highest BCUT2D eigenvalue weighted by Gasteiger charge is 2.27. The number of aromatic amines is 1. The van der Waals surface area contributed by atoms with Crippen LogP contribution in [-0.4, -0.2) is 52.3 Å². The van der Waals surface area contributed by atoms with E-state index in [0.717, 1.165) is 57.9 Å². The Morgan fingerprint density at radius 1 is 1.20 bits per heavy atom. The molecule has 1 atom stereocenters. The SMILES string of the molecule is Cc1ccc2nc(N(C)Cc3ccn[nH]3)c(CN(C[C@@H]3CCCO3)C(=O)c3sccc3C)cc2c1. The highest BCUT2D eigenvalue weighted by atomic mass is 32.1. The van der Waals surface area contributed by atoms with Crippen LogP contribution in [0.1, 0.15) is 44.9 Å². The lowest BCUT2D eigenvalue weighted by molar-refractivity contribution is 0.0510. The standard InChI is InChI=1S/C27H31N5O2S/c1-18-6-7-24-20(13-18)14-21(26(29-24)31(3)16-22-8-10-28-30-22)15-32(17-23-5-4-11-34-23)27(33)25-19(2)9-12-35-25/h6-10,12-14,23H,4-5,11,15-17H2,1-3H3,(H,28,30)/t23-/m0/s1. The second-order valence-corrected chi connectivity index (χ2v) is 10.3. The number of fused-ring (bicyclic) bond motifs is 1. The van der Waals surface area contributed by atoms with Gasteiger partial charge in [-0.3, -0.25) is 9.89 Å². The van der Waals surface area contributed by atoms with Gasteiger partial charge in [0.2, 0.25) is 0 Å². The van der Waals surface area contributed by atoms with Crippen LogP contribution in [0.3, 0.4) is 0 Å². The molecule has 1 aliphatic heterocycles. The monoisotopic (exact) mass is 489 g/mol. The normalized spacial score (nSPS) is 15.6. The van der Waals surface area contributed by atoms with Crippen LogP contribution in [0.5, 0.6) is 0 Å². The van der Waals surface area contributed by atoms with E-state index in [0.29, 0.717) is 19.6 Å². The molecule has 0 unspecified atom stereocenters. The van der Waals surface area contributed by atoms with Gasteiger partial charge in [0.15, 0.2) is 0 Å². The van der Waals surface area contributed by atoms with Crippen LogP contribution in [0.25, 0.3) is 10.9 Å². The molecule has 0 bridgehead atoms. The van der Waals surface area contributed by atoms with Crippen LogP contribution in [0.2, 0.25) is 0 Å². The molecular weight excluding hydrogens is 458 g/mol. The predicted octanol–water partition coefficient (Wildman–Crippen LogP) is 5.09. The molecule has 0 spiro atoms. The Kier molecular flexibility index (Phi) is 6.83. The number of anilines is 1. The molecule has 8 heteroatoms. The van der Waals surface area contributed by atoms with E-state index in [1.54, 1.807) is 6.20 Å². The van der Waals surface area contributed by atoms with Crippen molar-refractivity contribution in [2.45, 2.75) is 45.9 Å². The molecular formula is C27H31N5O2S. The number of hydrogen-bond acceptors (Lipinski definition) is 6. The first kappa shape index (κ1) is 23.5. The van der Waals surface area contributed by atoms with Crippen LogP contribution in [-0.2, 0) is 17.8 Å². The summed E-state index contributed by atoms with van der Waals surface area (Å²) in [6, 6.07) is 12.5. The lowest BCUT2D eigenvalue weighted by Gasteiger charge is -2.28. The first-order valence-electron chi connectivity index (χ1n) is 12.0. The summed E-state index contributed by atoms with van der Waals surface area (Å²) in [5.41, 5.74) is 5.17. The molecule has 1 N–H and O–H groups in total. The molecule has 0 radical (unpaired) electrons. The van der Waals surface area contributed by atoms with Crippen LogP contribution in [0, 0.1) is 13.8 Å². The number of aryl methyl sites for hydroxylation is 2. The maximum absolute atomic E-state index is 13.7. The summed E-state index contributed by atoms with van der Waals surface area (Å²) in [6.07, 6.45) is 3.85. The summed E-state index contributed by atoms with van der Waals surface area (Å²) in [5, 5.41) is 10.2. The Morgan fingerprint density at radius 3 is 2.80 bits per heavy atom. The van der Waals surface area contributed by atoms with Gasteiger partial charge in [-0.15, -0.1) is 11.3 Å². The van der Waals surface area contributed by atoms with E-state index in [1.807, 2.05) is 36.4 Å². The fourth-order valence-electron chi connectivity index (χ4n) is 4.67. The lowest BCUT2D eigenvalue weighted by Crippen LogP contribution is -2.37. The topological polar surface area (TPSA) is 74.3 Å². The van der Waals surface area contributed by atoms with Gasteiger partial charge in [-0.25, -0.2) is 4.98 Å². The van der Waals surface area contributed by atoms with Crippen molar-refractivity contribution in [3.63, 3.8) is 0 Å². The summed E-state index contributed by atoms with van der Waals surface area (Å²) >= 11 is 1.50. The molecule has 1 aliphatic rings. The largest absolute Gasteiger partial charge is 0.376 e. The number of pyridine rings is 1. The predicted molar refractivity (Wildman–Crippen MR) is 140 cm³/mol. The Balaban J connectivity index is 1.53. The number of aromatic nitrogens is 3. The molecule has 7 nitrogen and oxygen atoms in total. The Bertz CT molecular complexity index is 1310. The molecule has 1 amide bonds. The van der Waals surface area contributed by atoms with Gasteiger partial charge in [0.25, 0.3) is 5.91 Å². The highest BCUT2D eigenvalue weighted by Crippen LogP contribution is 2.28. The van der Waals surface area contributed by atoms with Crippen molar-refractivity contribution in [1.29, 1.82) is 0 Å². The number of ether oxygens (including phenoxy) is 1. The number of nitrogens with one attached hydrogen (secondary N) is 1. The van der Waals surface area contributed by atoms with E-state index < -0.39 is 0 Å². The summed E-state index contributed by atoms with van der Waals surface area (Å²) in [4.78, 5) is 23.6. The minimum atomic E-state index is 0.0551. The highest BCUT2D eigenvalue weighted by molar-refractivity contribution is 7.12. The average molecular weight is 490 g/mol. The van der Waals surface area contributed by atoms with Gasteiger partial charge < -0.3 is 14.5 Å². The number of hydrogen-bond donors (Lipinski definition) is 1. The van der Waals surface area contributed by atoms with Crippen molar-refractivity contribution in [1.82, 2.24) is 20.1 Å². The van der Waals surface area contributed by atoms with Crippen molar-refractivity contribution < 1.29 is 9.53 Å². The second kappa shape index (κ2) is 10.2. The maximum atomic E-state index is 13.7. The van der Waals surface area contributed by atoms with E-state index in [-0.39, 0.29) is 12.0 Å². The molecule has 4 heterocycles. The van der Waals surface area contributed by atoms with E-state index >= 15 is 0 Å². The molecule has 35 heavy (non-hydrogen) atoms. The fourth-order valence-corrected chi connectivity index (χ4v) is 5.57. The number of H-pyrrole nitrogens is 1. The van der Waals surface area contributed by atoms with Crippen molar-refractivity contribution in [3.8, 4) is 0 Å². The smallest absolute Gasteiger partial charge is 0.264 e. The third-order valence-corrected chi connectivity index (χ3v) is 7.51.